The van der Waals surface area contributed by atoms with Gasteiger partial charge in [-0.05, 0) is 62.6 Å². The Kier molecular flexibility index (Phi) is 3.26. The number of pyridine rings is 1. The Morgan fingerprint density at radius 2 is 1.58 bits per heavy atom. The Morgan fingerprint density at radius 3 is 2.11 bits per heavy atom. The first-order valence-corrected chi connectivity index (χ1v) is 6.16. The van der Waals surface area contributed by atoms with Gasteiger partial charge in [0.1, 0.15) is 11.6 Å². The van der Waals surface area contributed by atoms with Crippen molar-refractivity contribution in [3.8, 4) is 11.8 Å². The van der Waals surface area contributed by atoms with Crippen molar-refractivity contribution in [2.75, 3.05) is 0 Å². The maximum Gasteiger partial charge on any atom is 0.273 e. The van der Waals surface area contributed by atoms with E-state index in [1.54, 1.807) is 11.5 Å². The average Bonchev–Trinajstić information content (AvgIpc) is 2.27. The molecule has 0 fully saturated rings. The highest BCUT2D eigenvalue weighted by molar-refractivity contribution is 5.45. The van der Waals surface area contributed by atoms with Crippen LogP contribution in [0.5, 0.6) is 0 Å². The molecule has 2 aromatic rings. The van der Waals surface area contributed by atoms with E-state index in [4.69, 9.17) is 5.26 Å². The lowest BCUT2D eigenvalue weighted by Gasteiger charge is -2.13. The zero-order valence-corrected chi connectivity index (χ0v) is 11.6. The van der Waals surface area contributed by atoms with Crippen LogP contribution < -0.4 is 5.56 Å². The fourth-order valence-corrected chi connectivity index (χ4v) is 2.43. The summed E-state index contributed by atoms with van der Waals surface area (Å²) in [5.41, 5.74) is 4.55. The topological polar surface area (TPSA) is 45.8 Å². The van der Waals surface area contributed by atoms with Crippen molar-refractivity contribution in [2.45, 2.75) is 27.7 Å². The van der Waals surface area contributed by atoms with E-state index in [1.165, 1.54) is 0 Å². The summed E-state index contributed by atoms with van der Waals surface area (Å²) < 4.78 is 1.60. The van der Waals surface area contributed by atoms with Crippen molar-refractivity contribution in [2.24, 2.45) is 0 Å². The van der Waals surface area contributed by atoms with Crippen molar-refractivity contribution in [3.63, 3.8) is 0 Å². The van der Waals surface area contributed by atoms with E-state index in [2.05, 4.69) is 6.07 Å². The molecule has 1 aromatic heterocycles. The lowest BCUT2D eigenvalue weighted by atomic mass is 10.1. The lowest BCUT2D eigenvalue weighted by molar-refractivity contribution is 0.917. The van der Waals surface area contributed by atoms with E-state index in [0.29, 0.717) is 0 Å². The molecule has 0 saturated carbocycles. The number of nitrogens with zero attached hydrogens (tertiary/aromatic N) is 2. The normalized spacial score (nSPS) is 10.3. The summed E-state index contributed by atoms with van der Waals surface area (Å²) in [6, 6.07) is 9.84. The van der Waals surface area contributed by atoms with Crippen molar-refractivity contribution < 1.29 is 0 Å². The number of nitriles is 1. The molecule has 0 atom stereocenters. The first-order chi connectivity index (χ1) is 8.93. The maximum absolute atomic E-state index is 12.4. The molecule has 96 valence electrons. The van der Waals surface area contributed by atoms with Gasteiger partial charge < -0.3 is 0 Å². The van der Waals surface area contributed by atoms with Crippen LogP contribution in [0.4, 0.5) is 0 Å². The molecule has 2 rings (SSSR count). The molecular formula is C16H16N2O. The van der Waals surface area contributed by atoms with E-state index in [-0.39, 0.29) is 11.1 Å². The zero-order valence-electron chi connectivity index (χ0n) is 11.6. The second kappa shape index (κ2) is 4.74. The van der Waals surface area contributed by atoms with Crippen LogP contribution in [0.3, 0.4) is 0 Å². The molecule has 0 spiro atoms. The second-order valence-electron chi connectivity index (χ2n) is 4.94. The molecule has 0 bridgehead atoms. The van der Waals surface area contributed by atoms with Gasteiger partial charge in [-0.3, -0.25) is 9.36 Å². The van der Waals surface area contributed by atoms with Crippen molar-refractivity contribution >= 4 is 0 Å². The molecule has 19 heavy (non-hydrogen) atoms. The van der Waals surface area contributed by atoms with Gasteiger partial charge in [-0.1, -0.05) is 6.07 Å². The van der Waals surface area contributed by atoms with Gasteiger partial charge in [0.15, 0.2) is 0 Å². The fraction of sp³-hybridized carbons (Fsp3) is 0.250. The van der Waals surface area contributed by atoms with Crippen LogP contribution in [0.15, 0.2) is 29.1 Å². The number of aryl methyl sites for hydroxylation is 4. The summed E-state index contributed by atoms with van der Waals surface area (Å²) in [6.07, 6.45) is 0. The van der Waals surface area contributed by atoms with Gasteiger partial charge in [0.05, 0.1) is 0 Å². The van der Waals surface area contributed by atoms with Gasteiger partial charge in [-0.2, -0.15) is 5.26 Å². The highest BCUT2D eigenvalue weighted by Crippen LogP contribution is 2.15. The Bertz CT molecular complexity index is 728. The largest absolute Gasteiger partial charge is 0.280 e. The fourth-order valence-electron chi connectivity index (χ4n) is 2.43. The molecule has 0 aliphatic carbocycles. The molecule has 0 radical (unpaired) electrons. The molecule has 3 heteroatoms. The first-order valence-electron chi connectivity index (χ1n) is 6.16. The average molecular weight is 252 g/mol. The van der Waals surface area contributed by atoms with Crippen LogP contribution in [0, 0.1) is 39.0 Å². The summed E-state index contributed by atoms with van der Waals surface area (Å²) in [5.74, 6) is 0. The smallest absolute Gasteiger partial charge is 0.273 e. The summed E-state index contributed by atoms with van der Waals surface area (Å²) in [7, 11) is 0. The van der Waals surface area contributed by atoms with Crippen LogP contribution in [-0.4, -0.2) is 4.57 Å². The summed E-state index contributed by atoms with van der Waals surface area (Å²) >= 11 is 0. The molecule has 0 aliphatic rings. The summed E-state index contributed by atoms with van der Waals surface area (Å²) in [6.45, 7) is 7.67. The molecule has 0 unspecified atom stereocenters. The minimum Gasteiger partial charge on any atom is -0.280 e. The summed E-state index contributed by atoms with van der Waals surface area (Å²) in [4.78, 5) is 12.4. The number of aromatic nitrogens is 1. The van der Waals surface area contributed by atoms with E-state index in [1.807, 2.05) is 45.0 Å². The Hall–Kier alpha value is -2.34. The molecule has 0 amide bonds. The van der Waals surface area contributed by atoms with Crippen molar-refractivity contribution in [1.29, 1.82) is 5.26 Å². The predicted octanol–water partition coefficient (Wildman–Crippen LogP) is 2.94. The Morgan fingerprint density at radius 1 is 1.00 bits per heavy atom. The highest BCUT2D eigenvalue weighted by atomic mass is 16.1. The third-order valence-corrected chi connectivity index (χ3v) is 3.17. The maximum atomic E-state index is 12.4. The SMILES string of the molecule is Cc1cc(C)cc(-n2c(C)cc(C)c(C#N)c2=O)c1. The van der Waals surface area contributed by atoms with Gasteiger partial charge in [0, 0.05) is 11.4 Å². The molecule has 0 saturated heterocycles. The molecule has 1 aromatic carbocycles. The number of hydrogen-bond donors (Lipinski definition) is 0. The standard InChI is InChI=1S/C16H16N2O/c1-10-5-11(2)7-14(6-10)18-13(4)8-12(3)15(9-17)16(18)19/h5-8H,1-4H3. The van der Waals surface area contributed by atoms with E-state index < -0.39 is 0 Å². The van der Waals surface area contributed by atoms with Gasteiger partial charge >= 0.3 is 0 Å². The number of hydrogen-bond acceptors (Lipinski definition) is 2. The molecule has 3 nitrogen and oxygen atoms in total. The van der Waals surface area contributed by atoms with Crippen LogP contribution in [0.1, 0.15) is 27.9 Å². The monoisotopic (exact) mass is 252 g/mol. The second-order valence-corrected chi connectivity index (χ2v) is 4.94. The van der Waals surface area contributed by atoms with Gasteiger partial charge in [0.2, 0.25) is 0 Å². The molecular weight excluding hydrogens is 236 g/mol. The highest BCUT2D eigenvalue weighted by Gasteiger charge is 2.11. The van der Waals surface area contributed by atoms with Crippen LogP contribution in [0.2, 0.25) is 0 Å². The lowest BCUT2D eigenvalue weighted by Crippen LogP contribution is -2.24. The van der Waals surface area contributed by atoms with Crippen LogP contribution in [-0.2, 0) is 0 Å². The third-order valence-electron chi connectivity index (χ3n) is 3.17. The zero-order chi connectivity index (χ0) is 14.2. The number of benzene rings is 1. The molecule has 0 N–H and O–H groups in total. The van der Waals surface area contributed by atoms with Crippen molar-refractivity contribution in [3.05, 3.63) is 62.6 Å². The summed E-state index contributed by atoms with van der Waals surface area (Å²) in [5, 5.41) is 9.11. The van der Waals surface area contributed by atoms with E-state index in [0.717, 1.165) is 28.1 Å². The number of rotatable bonds is 1. The van der Waals surface area contributed by atoms with Gasteiger partial charge in [0.25, 0.3) is 5.56 Å². The van der Waals surface area contributed by atoms with Crippen LogP contribution >= 0.6 is 0 Å². The van der Waals surface area contributed by atoms with Crippen LogP contribution in [0.25, 0.3) is 5.69 Å². The Labute approximate surface area is 112 Å². The molecule has 1 heterocycles. The van der Waals surface area contributed by atoms with Gasteiger partial charge in [-0.15, -0.1) is 0 Å². The quantitative estimate of drug-likeness (QED) is 0.783. The minimum absolute atomic E-state index is 0.213. The van der Waals surface area contributed by atoms with E-state index >= 15 is 0 Å². The minimum atomic E-state index is -0.245. The third kappa shape index (κ3) is 2.30. The van der Waals surface area contributed by atoms with Gasteiger partial charge in [-0.25, -0.2) is 0 Å². The Balaban J connectivity index is 2.83. The predicted molar refractivity (Wildman–Crippen MR) is 75.7 cm³/mol. The molecule has 0 aliphatic heterocycles. The van der Waals surface area contributed by atoms with E-state index in [9.17, 15) is 4.79 Å². The van der Waals surface area contributed by atoms with Crippen molar-refractivity contribution in [1.82, 2.24) is 4.57 Å². The first kappa shape index (κ1) is 13.1.